The Morgan fingerprint density at radius 2 is 0.606 bits per heavy atom. The normalized spacial score (nSPS) is 16.2. The number of anilines is 4. The molecule has 4 aliphatic carbocycles. The van der Waals surface area contributed by atoms with Crippen molar-refractivity contribution in [2.24, 2.45) is 45.3 Å². The molecule has 4 saturated carbocycles. The molecule has 0 saturated heterocycles. The van der Waals surface area contributed by atoms with Crippen LogP contribution in [0, 0.1) is 69.5 Å². The number of nitrogens with one attached hydrogen (secondary N) is 4. The first-order chi connectivity index (χ1) is 50.1. The smallest absolute Gasteiger partial charge is 0.267 e. The van der Waals surface area contributed by atoms with E-state index in [9.17, 15) is 38.4 Å². The quantitative estimate of drug-likeness (QED) is 0.0298. The van der Waals surface area contributed by atoms with Crippen molar-refractivity contribution in [3.05, 3.63) is 97.1 Å². The third kappa shape index (κ3) is 27.6. The molecule has 0 atom stereocenters. The minimum atomic E-state index is -0.351. The van der Waals surface area contributed by atoms with Crippen molar-refractivity contribution in [3.8, 4) is 24.2 Å². The Bertz CT molecular complexity index is 3470. The Morgan fingerprint density at radius 1 is 0.365 bits per heavy atom. The molecule has 0 heterocycles. The second-order valence-corrected chi connectivity index (χ2v) is 33.8. The van der Waals surface area contributed by atoms with Gasteiger partial charge in [0, 0.05) is 54.6 Å². The summed E-state index contributed by atoms with van der Waals surface area (Å²) in [6, 6.07) is 30.2. The number of para-hydroxylation sites is 4. The number of thioether (sulfide) groups is 4. The van der Waals surface area contributed by atoms with Gasteiger partial charge in [0.2, 0.25) is 23.6 Å². The lowest BCUT2D eigenvalue weighted by atomic mass is 9.67. The number of hydrogen-bond donors (Lipinski definition) is 4. The number of benzene rings is 4. The van der Waals surface area contributed by atoms with Crippen LogP contribution in [0.3, 0.4) is 0 Å². The van der Waals surface area contributed by atoms with Gasteiger partial charge in [-0.3, -0.25) is 38.4 Å². The number of carbonyl (C=O) groups excluding carboxylic acids is 8. The Labute approximate surface area is 643 Å². The van der Waals surface area contributed by atoms with Gasteiger partial charge in [0.15, 0.2) is 10.2 Å². The second-order valence-electron chi connectivity index (χ2n) is 29.4. The summed E-state index contributed by atoms with van der Waals surface area (Å²) in [5.74, 6) is 10.2. The van der Waals surface area contributed by atoms with Crippen LogP contribution in [0.25, 0.3) is 0 Å². The lowest BCUT2D eigenvalue weighted by Crippen LogP contribution is -2.39. The molecule has 104 heavy (non-hydrogen) atoms. The summed E-state index contributed by atoms with van der Waals surface area (Å²) in [6.45, 7) is 22.8. The summed E-state index contributed by atoms with van der Waals surface area (Å²) >= 11 is 4.48. The van der Waals surface area contributed by atoms with Gasteiger partial charge >= 0.3 is 0 Å². The molecule has 4 amide bonds. The lowest BCUT2D eigenvalue weighted by molar-refractivity contribution is -0.129. The minimum Gasteiger partial charge on any atom is -0.325 e. The van der Waals surface area contributed by atoms with E-state index < -0.39 is 0 Å². The second kappa shape index (κ2) is 46.9. The third-order valence-electron chi connectivity index (χ3n) is 22.6. The van der Waals surface area contributed by atoms with Gasteiger partial charge < -0.3 is 21.3 Å². The van der Waals surface area contributed by atoms with Gasteiger partial charge in [-0.2, -0.15) is 0 Å². The SMILES string of the molecule is C#CC(=O)Sc1ccccc1NC(=O)C1(CC(CC)CC)CCCCC1.CC#CC(=O)Sc1ccccc1NC(=O)C1(CC(CC)CC)CCCCC1.CCC(=O)Sc1ccccc1NC(=O)C1(CC(CC)CC)CCCCC1.CCC(CC)CC1(C(=O)Nc2ccccc2SC(C)=O)CCCCC1. The van der Waals surface area contributed by atoms with Crippen LogP contribution in [-0.2, 0) is 38.4 Å². The number of carbonyl (C=O) groups is 8. The van der Waals surface area contributed by atoms with Crippen molar-refractivity contribution < 1.29 is 38.4 Å². The van der Waals surface area contributed by atoms with Crippen LogP contribution in [0.4, 0.5) is 22.7 Å². The molecular weight excluding hydrogens is 1370 g/mol. The Morgan fingerprint density at radius 3 is 0.837 bits per heavy atom. The zero-order chi connectivity index (χ0) is 76.0. The molecule has 4 N–H and O–H groups in total. The van der Waals surface area contributed by atoms with Crippen molar-refractivity contribution in [2.75, 3.05) is 21.3 Å². The van der Waals surface area contributed by atoms with Crippen LogP contribution in [0.1, 0.15) is 288 Å². The van der Waals surface area contributed by atoms with E-state index in [-0.39, 0.29) is 65.7 Å². The number of rotatable bonds is 29. The van der Waals surface area contributed by atoms with E-state index in [2.05, 4.69) is 94.4 Å². The maximum absolute atomic E-state index is 13.4. The molecule has 8 rings (SSSR count). The largest absolute Gasteiger partial charge is 0.325 e. The van der Waals surface area contributed by atoms with E-state index in [1.807, 2.05) is 104 Å². The van der Waals surface area contributed by atoms with Gasteiger partial charge in [-0.25, -0.2) is 0 Å². The maximum atomic E-state index is 13.4. The fraction of sp³-hybridized carbons (Fsp3) is 0.591. The molecule has 568 valence electrons. The van der Waals surface area contributed by atoms with Gasteiger partial charge in [-0.05, 0) is 203 Å². The monoisotopic (exact) mass is 1490 g/mol. The van der Waals surface area contributed by atoms with Gasteiger partial charge in [0.05, 0.1) is 22.7 Å². The highest BCUT2D eigenvalue weighted by molar-refractivity contribution is 8.15. The first-order valence-electron chi connectivity index (χ1n) is 39.5. The minimum absolute atomic E-state index is 0.0334. The molecule has 0 aliphatic heterocycles. The van der Waals surface area contributed by atoms with Crippen molar-refractivity contribution in [1.29, 1.82) is 0 Å². The molecule has 0 bridgehead atoms. The average Bonchev–Trinajstić information content (AvgIpc) is 0.821. The third-order valence-corrected chi connectivity index (χ3v) is 26.3. The zero-order valence-electron chi connectivity index (χ0n) is 64.9. The van der Waals surface area contributed by atoms with E-state index >= 15 is 0 Å². The standard InChI is InChI=1S/C23H31NO2S.C22H33NO2S.C22H29NO2S.C21H31NO2S/c1-4-12-21(25)27-20-14-9-8-13-19(20)24-22(26)23(15-10-7-11-16-23)17-18(5-2)6-3;2*1-4-17(5-2)16-22(14-10-7-11-15-22)21(25)23-18-12-8-9-13-19(18)26-20(24)6-3;1-4-17(5-2)15-21(13-9-6-10-14-21)20(24)22-18-11-7-8-12-19(18)25-16(3)23/h8-9,13-14,18H,5-7,10-11,15-17H2,1-3H3,(H,24,26);8-9,12-13,17H,4-7,10-11,14-16H2,1-3H3,(H,23,25);3,8-9,12-13,17H,4-5,7,10-11,14-16H2,1-2H3,(H,23,25);7-8,11-12,17H,4-6,9-10,13-15H2,1-3H3,(H,22,24). The molecule has 16 heteroatoms. The highest BCUT2D eigenvalue weighted by Crippen LogP contribution is 2.49. The Hall–Kier alpha value is -6.04. The molecule has 4 aromatic carbocycles. The number of hydrogen-bond acceptors (Lipinski definition) is 12. The van der Waals surface area contributed by atoms with E-state index in [1.165, 1.54) is 49.2 Å². The van der Waals surface area contributed by atoms with Crippen LogP contribution in [0.2, 0.25) is 0 Å². The fourth-order valence-corrected chi connectivity index (χ4v) is 18.7. The zero-order valence-corrected chi connectivity index (χ0v) is 68.1. The van der Waals surface area contributed by atoms with Gasteiger partial charge in [-0.1, -0.05) is 257 Å². The molecule has 4 aliphatic rings. The van der Waals surface area contributed by atoms with Crippen LogP contribution < -0.4 is 21.3 Å². The first kappa shape index (κ1) is 88.6. The van der Waals surface area contributed by atoms with Crippen molar-refractivity contribution in [1.82, 2.24) is 0 Å². The topological polar surface area (TPSA) is 185 Å². The molecule has 0 radical (unpaired) electrons. The van der Waals surface area contributed by atoms with Gasteiger partial charge in [-0.15, -0.1) is 6.42 Å². The van der Waals surface area contributed by atoms with Crippen LogP contribution in [-0.4, -0.2) is 44.1 Å². The molecule has 4 aromatic rings. The molecular formula is C88H124N4O8S4. The molecule has 4 fully saturated rings. The summed E-state index contributed by atoms with van der Waals surface area (Å²) in [5, 5.41) is 12.2. The summed E-state index contributed by atoms with van der Waals surface area (Å²) in [7, 11) is 0. The fourth-order valence-electron chi connectivity index (χ4n) is 15.9. The molecule has 0 unspecified atom stereocenters. The van der Waals surface area contributed by atoms with E-state index in [0.717, 1.165) is 229 Å². The predicted molar refractivity (Wildman–Crippen MR) is 439 cm³/mol. The Balaban J connectivity index is 0.000000249. The summed E-state index contributed by atoms with van der Waals surface area (Å²) in [6.07, 6.45) is 40.2. The van der Waals surface area contributed by atoms with Gasteiger partial charge in [0.25, 0.3) is 10.2 Å². The number of amides is 4. The first-order valence-corrected chi connectivity index (χ1v) is 42.7. The van der Waals surface area contributed by atoms with E-state index in [0.29, 0.717) is 46.4 Å². The summed E-state index contributed by atoms with van der Waals surface area (Å²) in [5.41, 5.74) is 1.88. The molecule has 12 nitrogen and oxygen atoms in total. The van der Waals surface area contributed by atoms with Crippen LogP contribution >= 0.6 is 47.0 Å². The molecule has 0 spiro atoms. The highest BCUT2D eigenvalue weighted by atomic mass is 32.2. The average molecular weight is 1490 g/mol. The van der Waals surface area contributed by atoms with Crippen molar-refractivity contribution in [3.63, 3.8) is 0 Å². The van der Waals surface area contributed by atoms with Crippen molar-refractivity contribution in [2.45, 2.75) is 308 Å². The molecule has 0 aromatic heterocycles. The summed E-state index contributed by atoms with van der Waals surface area (Å²) < 4.78 is 0. The van der Waals surface area contributed by atoms with Crippen LogP contribution in [0.5, 0.6) is 0 Å². The van der Waals surface area contributed by atoms with Crippen LogP contribution in [0.15, 0.2) is 117 Å². The lowest BCUT2D eigenvalue weighted by Gasteiger charge is -2.38. The maximum Gasteiger partial charge on any atom is 0.267 e. The number of terminal acetylenes is 1. The predicted octanol–water partition coefficient (Wildman–Crippen LogP) is 24.2. The highest BCUT2D eigenvalue weighted by Gasteiger charge is 2.45. The van der Waals surface area contributed by atoms with E-state index in [1.54, 1.807) is 13.8 Å². The van der Waals surface area contributed by atoms with E-state index in [4.69, 9.17) is 6.42 Å². The Kier molecular flexibility index (Phi) is 40.0. The van der Waals surface area contributed by atoms with Gasteiger partial charge in [0.1, 0.15) is 0 Å². The summed E-state index contributed by atoms with van der Waals surface area (Å²) in [4.78, 5) is 103. The van der Waals surface area contributed by atoms with Crippen molar-refractivity contribution >= 4 is 114 Å².